The molecule has 2 aliphatic carbocycles. The first-order chi connectivity index (χ1) is 25.8. The first kappa shape index (κ1) is 30.4. The number of benzene rings is 9. The highest BCUT2D eigenvalue weighted by Crippen LogP contribution is 2.58. The molecule has 0 unspecified atom stereocenters. The van der Waals surface area contributed by atoms with Crippen molar-refractivity contribution in [3.05, 3.63) is 186 Å². The van der Waals surface area contributed by atoms with Gasteiger partial charge in [0, 0.05) is 27.6 Å². The predicted octanol–water partition coefficient (Wildman–Crippen LogP) is 14.4. The molecule has 0 N–H and O–H groups in total. The summed E-state index contributed by atoms with van der Waals surface area (Å²) in [6.07, 6.45) is 0. The Morgan fingerprint density at radius 2 is 0.906 bits per heavy atom. The van der Waals surface area contributed by atoms with E-state index < -0.39 is 0 Å². The first-order valence-corrected chi connectivity index (χ1v) is 18.9. The molecule has 9 aromatic rings. The second kappa shape index (κ2) is 10.7. The van der Waals surface area contributed by atoms with Crippen molar-refractivity contribution in [1.29, 1.82) is 0 Å². The normalized spacial score (nSPS) is 14.7. The van der Waals surface area contributed by atoms with Crippen LogP contribution in [0.15, 0.2) is 164 Å². The average molecular weight is 678 g/mol. The van der Waals surface area contributed by atoms with Crippen LogP contribution in [-0.2, 0) is 10.8 Å². The molecule has 1 heteroatoms. The fourth-order valence-electron chi connectivity index (χ4n) is 10.2. The van der Waals surface area contributed by atoms with Crippen molar-refractivity contribution in [2.45, 2.75) is 38.5 Å². The van der Waals surface area contributed by atoms with Crippen molar-refractivity contribution in [2.24, 2.45) is 0 Å². The lowest BCUT2D eigenvalue weighted by atomic mass is 9.79. The zero-order valence-corrected chi connectivity index (χ0v) is 30.5. The maximum atomic E-state index is 2.51. The van der Waals surface area contributed by atoms with E-state index in [0.717, 1.165) is 5.69 Å². The van der Waals surface area contributed by atoms with Gasteiger partial charge in [0.05, 0.1) is 5.69 Å². The Hall–Kier alpha value is -6.18. The maximum Gasteiger partial charge on any atom is 0.0543 e. The SMILES string of the molecule is CC1(C)c2cc(N(c3ccccc3)c3ccc4c(c3)C(C)(C)c3c-4c4ccccc4c4ccccc34)c3ccccc3c2-c2ccc3ccccc3c21. The third-order valence-corrected chi connectivity index (χ3v) is 12.5. The summed E-state index contributed by atoms with van der Waals surface area (Å²) in [6.45, 7) is 9.67. The Balaban J connectivity index is 1.18. The highest BCUT2D eigenvalue weighted by atomic mass is 15.1. The van der Waals surface area contributed by atoms with Crippen molar-refractivity contribution in [3.63, 3.8) is 0 Å². The Kier molecular flexibility index (Phi) is 6.14. The zero-order chi connectivity index (χ0) is 35.6. The number of fused-ring (bicyclic) bond motifs is 15. The van der Waals surface area contributed by atoms with E-state index >= 15 is 0 Å². The van der Waals surface area contributed by atoms with E-state index in [1.165, 1.54) is 99.0 Å². The number of rotatable bonds is 3. The van der Waals surface area contributed by atoms with Crippen LogP contribution in [0.3, 0.4) is 0 Å². The molecule has 0 radical (unpaired) electrons. The first-order valence-electron chi connectivity index (χ1n) is 18.9. The molecular weight excluding hydrogens is 639 g/mol. The van der Waals surface area contributed by atoms with Crippen LogP contribution in [0.5, 0.6) is 0 Å². The third-order valence-electron chi connectivity index (χ3n) is 12.5. The van der Waals surface area contributed by atoms with Gasteiger partial charge in [0.1, 0.15) is 0 Å². The largest absolute Gasteiger partial charge is 0.310 e. The lowest BCUT2D eigenvalue weighted by Crippen LogP contribution is -2.18. The van der Waals surface area contributed by atoms with Gasteiger partial charge in [-0.15, -0.1) is 0 Å². The van der Waals surface area contributed by atoms with Crippen molar-refractivity contribution in [1.82, 2.24) is 0 Å². The second-order valence-corrected chi connectivity index (χ2v) is 16.1. The van der Waals surface area contributed by atoms with Crippen LogP contribution in [0, 0.1) is 0 Å². The number of hydrogen-bond acceptors (Lipinski definition) is 1. The molecular formula is C52H39N. The van der Waals surface area contributed by atoms with Crippen molar-refractivity contribution in [3.8, 4) is 22.3 Å². The van der Waals surface area contributed by atoms with E-state index in [1.54, 1.807) is 0 Å². The summed E-state index contributed by atoms with van der Waals surface area (Å²) >= 11 is 0. The molecule has 1 nitrogen and oxygen atoms in total. The molecule has 0 amide bonds. The molecule has 0 aliphatic heterocycles. The summed E-state index contributed by atoms with van der Waals surface area (Å²) in [6, 6.07) is 61.2. The van der Waals surface area contributed by atoms with Crippen LogP contribution in [0.4, 0.5) is 17.1 Å². The van der Waals surface area contributed by atoms with E-state index in [0.29, 0.717) is 0 Å². The molecule has 53 heavy (non-hydrogen) atoms. The summed E-state index contributed by atoms with van der Waals surface area (Å²) in [4.78, 5) is 2.51. The van der Waals surface area contributed by atoms with Gasteiger partial charge in [-0.2, -0.15) is 0 Å². The van der Waals surface area contributed by atoms with Crippen molar-refractivity contribution in [2.75, 3.05) is 4.90 Å². The molecule has 0 atom stereocenters. The van der Waals surface area contributed by atoms with Crippen LogP contribution >= 0.6 is 0 Å². The van der Waals surface area contributed by atoms with Gasteiger partial charge in [-0.05, 0) is 113 Å². The Bertz CT molecular complexity index is 3000. The van der Waals surface area contributed by atoms with Gasteiger partial charge in [0.15, 0.2) is 0 Å². The molecule has 2 aliphatic rings. The molecule has 9 aromatic carbocycles. The highest BCUT2D eigenvalue weighted by Gasteiger charge is 2.41. The standard InChI is InChI=1S/C52H39N/c1-51(2)44-30-34(27-29-42(44)48-39-23-13-10-20-36(39)37-21-11-15-25-41(37)50(48)51)53(33-17-6-5-7-18-33)46-31-45-47(40-24-14-12-22-38(40)46)43-28-26-32-16-8-9-19-35(32)49(43)52(45,3)4/h5-31H,1-4H3. The summed E-state index contributed by atoms with van der Waals surface area (Å²) in [5.74, 6) is 0. The number of nitrogens with zero attached hydrogens (tertiary/aromatic N) is 1. The van der Waals surface area contributed by atoms with Gasteiger partial charge >= 0.3 is 0 Å². The Labute approximate surface area is 310 Å². The Morgan fingerprint density at radius 1 is 0.358 bits per heavy atom. The summed E-state index contributed by atoms with van der Waals surface area (Å²) in [5, 5.41) is 10.5. The summed E-state index contributed by atoms with van der Waals surface area (Å²) in [5.41, 5.74) is 14.2. The van der Waals surface area contributed by atoms with Gasteiger partial charge in [0.2, 0.25) is 0 Å². The van der Waals surface area contributed by atoms with Crippen molar-refractivity contribution < 1.29 is 0 Å². The van der Waals surface area contributed by atoms with Gasteiger partial charge < -0.3 is 4.90 Å². The molecule has 0 saturated carbocycles. The van der Waals surface area contributed by atoms with Crippen LogP contribution in [0.1, 0.15) is 49.9 Å². The summed E-state index contributed by atoms with van der Waals surface area (Å²) < 4.78 is 0. The number of anilines is 3. The topological polar surface area (TPSA) is 3.24 Å². The molecule has 0 saturated heterocycles. The van der Waals surface area contributed by atoms with Crippen LogP contribution in [0.2, 0.25) is 0 Å². The fourth-order valence-corrected chi connectivity index (χ4v) is 10.2. The molecule has 11 rings (SSSR count). The van der Waals surface area contributed by atoms with Crippen LogP contribution < -0.4 is 4.90 Å². The monoisotopic (exact) mass is 677 g/mol. The molecule has 0 bridgehead atoms. The minimum absolute atomic E-state index is 0.184. The third kappa shape index (κ3) is 4.03. The highest BCUT2D eigenvalue weighted by molar-refractivity contribution is 6.18. The molecule has 0 heterocycles. The minimum atomic E-state index is -0.197. The molecule has 0 spiro atoms. The van der Waals surface area contributed by atoms with Gasteiger partial charge in [-0.3, -0.25) is 0 Å². The van der Waals surface area contributed by atoms with Crippen molar-refractivity contribution >= 4 is 60.2 Å². The van der Waals surface area contributed by atoms with E-state index in [2.05, 4.69) is 196 Å². The average Bonchev–Trinajstić information content (AvgIpc) is 3.58. The van der Waals surface area contributed by atoms with E-state index in [-0.39, 0.29) is 10.8 Å². The van der Waals surface area contributed by atoms with E-state index in [9.17, 15) is 0 Å². The quantitative estimate of drug-likeness (QED) is 0.168. The lowest BCUT2D eigenvalue weighted by Gasteiger charge is -2.31. The maximum absolute atomic E-state index is 2.51. The lowest BCUT2D eigenvalue weighted by molar-refractivity contribution is 0.666. The fraction of sp³-hybridized carbons (Fsp3) is 0.115. The Morgan fingerprint density at radius 3 is 1.64 bits per heavy atom. The van der Waals surface area contributed by atoms with Gasteiger partial charge in [-0.1, -0.05) is 161 Å². The van der Waals surface area contributed by atoms with Gasteiger partial charge in [0.25, 0.3) is 0 Å². The van der Waals surface area contributed by atoms with Gasteiger partial charge in [-0.25, -0.2) is 0 Å². The second-order valence-electron chi connectivity index (χ2n) is 16.1. The van der Waals surface area contributed by atoms with E-state index in [1.807, 2.05) is 0 Å². The zero-order valence-electron chi connectivity index (χ0n) is 30.5. The summed E-state index contributed by atoms with van der Waals surface area (Å²) in [7, 11) is 0. The van der Waals surface area contributed by atoms with Crippen LogP contribution in [0.25, 0.3) is 65.3 Å². The van der Waals surface area contributed by atoms with Crippen LogP contribution in [-0.4, -0.2) is 0 Å². The minimum Gasteiger partial charge on any atom is -0.310 e. The molecule has 252 valence electrons. The smallest absolute Gasteiger partial charge is 0.0543 e. The predicted molar refractivity (Wildman–Crippen MR) is 226 cm³/mol. The number of hydrogen-bond donors (Lipinski definition) is 0. The molecule has 0 fully saturated rings. The number of para-hydroxylation sites is 1. The molecule has 0 aromatic heterocycles. The van der Waals surface area contributed by atoms with E-state index in [4.69, 9.17) is 0 Å².